The van der Waals surface area contributed by atoms with Crippen LogP contribution in [-0.4, -0.2) is 34.2 Å². The first-order chi connectivity index (χ1) is 7.29. The molecule has 2 heterocycles. The van der Waals surface area contributed by atoms with Gasteiger partial charge in [-0.1, -0.05) is 13.3 Å². The normalized spacial score (nSPS) is 23.1. The number of hydrogen-bond acceptors (Lipinski definition) is 3. The predicted octanol–water partition coefficient (Wildman–Crippen LogP) is 1.41. The lowest BCUT2D eigenvalue weighted by Gasteiger charge is -2.34. The minimum atomic E-state index is 0.601. The molecule has 4 nitrogen and oxygen atoms in total. The fourth-order valence-electron chi connectivity index (χ4n) is 2.45. The number of nitrogens with two attached hydrogens (primary N) is 1. The van der Waals surface area contributed by atoms with Crippen molar-refractivity contribution in [2.24, 2.45) is 0 Å². The van der Waals surface area contributed by atoms with Crippen LogP contribution in [0.5, 0.6) is 0 Å². The molecule has 3 N–H and O–H groups in total. The highest BCUT2D eigenvalue weighted by molar-refractivity contribution is 5.28. The lowest BCUT2D eigenvalue weighted by atomic mass is 9.98. The average molecular weight is 208 g/mol. The van der Waals surface area contributed by atoms with Crippen molar-refractivity contribution in [1.29, 1.82) is 0 Å². The number of rotatable bonds is 3. The van der Waals surface area contributed by atoms with Gasteiger partial charge in [-0.25, -0.2) is 0 Å². The number of aromatic nitrogens is 2. The fourth-order valence-corrected chi connectivity index (χ4v) is 2.45. The molecule has 0 aliphatic carbocycles. The van der Waals surface area contributed by atoms with E-state index in [4.69, 9.17) is 5.73 Å². The maximum Gasteiger partial charge on any atom is 0.145 e. The van der Waals surface area contributed by atoms with E-state index in [1.165, 1.54) is 25.8 Å². The van der Waals surface area contributed by atoms with Gasteiger partial charge in [0.05, 0.1) is 0 Å². The Kier molecular flexibility index (Phi) is 3.26. The predicted molar refractivity (Wildman–Crippen MR) is 61.6 cm³/mol. The van der Waals surface area contributed by atoms with Gasteiger partial charge in [-0.05, 0) is 25.9 Å². The van der Waals surface area contributed by atoms with Crippen molar-refractivity contribution in [3.63, 3.8) is 0 Å². The van der Waals surface area contributed by atoms with Gasteiger partial charge >= 0.3 is 0 Å². The number of anilines is 1. The van der Waals surface area contributed by atoms with Crippen LogP contribution in [-0.2, 0) is 6.42 Å². The maximum absolute atomic E-state index is 5.59. The molecule has 1 aromatic heterocycles. The molecule has 1 aliphatic rings. The van der Waals surface area contributed by atoms with E-state index in [1.807, 2.05) is 6.07 Å². The zero-order valence-corrected chi connectivity index (χ0v) is 9.37. The summed E-state index contributed by atoms with van der Waals surface area (Å²) in [5.41, 5.74) is 6.76. The van der Waals surface area contributed by atoms with Crippen molar-refractivity contribution >= 4 is 5.82 Å². The highest BCUT2D eigenvalue weighted by Crippen LogP contribution is 2.20. The molecule has 1 saturated heterocycles. The number of nitrogens with one attached hydrogen (secondary N) is 1. The first-order valence-electron chi connectivity index (χ1n) is 5.83. The third-order valence-electron chi connectivity index (χ3n) is 3.26. The largest absolute Gasteiger partial charge is 0.382 e. The van der Waals surface area contributed by atoms with Gasteiger partial charge in [0.2, 0.25) is 0 Å². The van der Waals surface area contributed by atoms with E-state index in [1.54, 1.807) is 0 Å². The Balaban J connectivity index is 1.97. The average Bonchev–Trinajstić information content (AvgIpc) is 2.65. The molecule has 0 aromatic carbocycles. The Bertz CT molecular complexity index is 307. The Morgan fingerprint density at radius 3 is 3.13 bits per heavy atom. The molecule has 15 heavy (non-hydrogen) atoms. The van der Waals surface area contributed by atoms with Crippen molar-refractivity contribution in [2.75, 3.05) is 18.8 Å². The number of H-pyrrole nitrogens is 1. The molecular formula is C11H20N4. The Hall–Kier alpha value is -1.03. The number of nitrogen functional groups attached to an aromatic ring is 1. The van der Waals surface area contributed by atoms with Crippen molar-refractivity contribution < 1.29 is 0 Å². The standard InChI is InChI=1S/C11H20N4/c1-2-15-6-4-3-5-10(15)7-9-8-11(12)14-13-9/h8,10H,2-7H2,1H3,(H3,12,13,14). The molecule has 2 rings (SSSR count). The van der Waals surface area contributed by atoms with Crippen LogP contribution in [0.2, 0.25) is 0 Å². The summed E-state index contributed by atoms with van der Waals surface area (Å²) in [6.07, 6.45) is 5.05. The third kappa shape index (κ3) is 2.50. The second-order valence-corrected chi connectivity index (χ2v) is 4.30. The van der Waals surface area contributed by atoms with Gasteiger partial charge in [-0.2, -0.15) is 5.10 Å². The van der Waals surface area contributed by atoms with Gasteiger partial charge in [-0.15, -0.1) is 0 Å². The van der Waals surface area contributed by atoms with Crippen LogP contribution in [0.4, 0.5) is 5.82 Å². The van der Waals surface area contributed by atoms with Gasteiger partial charge in [0, 0.05) is 24.2 Å². The quantitative estimate of drug-likeness (QED) is 0.789. The number of nitrogens with zero attached hydrogens (tertiary/aromatic N) is 2. The lowest BCUT2D eigenvalue weighted by molar-refractivity contribution is 0.154. The van der Waals surface area contributed by atoms with Gasteiger partial charge in [0.15, 0.2) is 0 Å². The number of hydrogen-bond donors (Lipinski definition) is 2. The van der Waals surface area contributed by atoms with Crippen LogP contribution in [0.1, 0.15) is 31.9 Å². The summed E-state index contributed by atoms with van der Waals surface area (Å²) in [6.45, 7) is 4.62. The van der Waals surface area contributed by atoms with Crippen LogP contribution in [0.15, 0.2) is 6.07 Å². The first-order valence-corrected chi connectivity index (χ1v) is 5.83. The Morgan fingerprint density at radius 2 is 2.47 bits per heavy atom. The van der Waals surface area contributed by atoms with Gasteiger partial charge < -0.3 is 10.6 Å². The molecule has 1 unspecified atom stereocenters. The van der Waals surface area contributed by atoms with Crippen molar-refractivity contribution in [3.05, 3.63) is 11.8 Å². The van der Waals surface area contributed by atoms with Gasteiger partial charge in [0.1, 0.15) is 5.82 Å². The Labute approximate surface area is 90.8 Å². The van der Waals surface area contributed by atoms with Crippen molar-refractivity contribution in [1.82, 2.24) is 15.1 Å². The van der Waals surface area contributed by atoms with E-state index in [0.717, 1.165) is 18.7 Å². The molecule has 0 amide bonds. The second kappa shape index (κ2) is 4.66. The summed E-state index contributed by atoms with van der Waals surface area (Å²) >= 11 is 0. The van der Waals surface area contributed by atoms with Crippen LogP contribution in [0.3, 0.4) is 0 Å². The highest BCUT2D eigenvalue weighted by atomic mass is 15.2. The molecule has 0 saturated carbocycles. The van der Waals surface area contributed by atoms with E-state index in [2.05, 4.69) is 22.0 Å². The van der Waals surface area contributed by atoms with E-state index in [0.29, 0.717) is 11.9 Å². The first kappa shape index (κ1) is 10.5. The highest BCUT2D eigenvalue weighted by Gasteiger charge is 2.21. The summed E-state index contributed by atoms with van der Waals surface area (Å²) in [5.74, 6) is 0.601. The summed E-state index contributed by atoms with van der Waals surface area (Å²) in [5, 5.41) is 6.96. The van der Waals surface area contributed by atoms with E-state index in [9.17, 15) is 0 Å². The second-order valence-electron chi connectivity index (χ2n) is 4.30. The minimum absolute atomic E-state index is 0.601. The summed E-state index contributed by atoms with van der Waals surface area (Å²) in [6, 6.07) is 2.62. The fraction of sp³-hybridized carbons (Fsp3) is 0.727. The van der Waals surface area contributed by atoms with Crippen molar-refractivity contribution in [2.45, 2.75) is 38.6 Å². The summed E-state index contributed by atoms with van der Waals surface area (Å²) in [4.78, 5) is 2.56. The molecule has 1 aliphatic heterocycles. The summed E-state index contributed by atoms with van der Waals surface area (Å²) in [7, 11) is 0. The molecule has 1 aromatic rings. The van der Waals surface area contributed by atoms with E-state index in [-0.39, 0.29) is 0 Å². The van der Waals surface area contributed by atoms with E-state index >= 15 is 0 Å². The van der Waals surface area contributed by atoms with Crippen LogP contribution < -0.4 is 5.73 Å². The topological polar surface area (TPSA) is 57.9 Å². The van der Waals surface area contributed by atoms with Gasteiger partial charge in [-0.3, -0.25) is 5.10 Å². The number of likely N-dealkylation sites (N-methyl/N-ethyl adjacent to an activating group) is 1. The molecular weight excluding hydrogens is 188 g/mol. The third-order valence-corrected chi connectivity index (χ3v) is 3.26. The van der Waals surface area contributed by atoms with E-state index < -0.39 is 0 Å². The Morgan fingerprint density at radius 1 is 1.60 bits per heavy atom. The van der Waals surface area contributed by atoms with Gasteiger partial charge in [0.25, 0.3) is 0 Å². The van der Waals surface area contributed by atoms with Crippen LogP contribution in [0.25, 0.3) is 0 Å². The molecule has 0 bridgehead atoms. The molecule has 1 fully saturated rings. The molecule has 0 radical (unpaired) electrons. The molecule has 4 heteroatoms. The SMILES string of the molecule is CCN1CCCCC1Cc1cc(N)n[nH]1. The monoisotopic (exact) mass is 208 g/mol. The van der Waals surface area contributed by atoms with Crippen molar-refractivity contribution in [3.8, 4) is 0 Å². The number of piperidine rings is 1. The van der Waals surface area contributed by atoms with Crippen LogP contribution in [0, 0.1) is 0 Å². The smallest absolute Gasteiger partial charge is 0.145 e. The molecule has 1 atom stereocenters. The lowest BCUT2D eigenvalue weighted by Crippen LogP contribution is -2.40. The number of aromatic amines is 1. The molecule has 0 spiro atoms. The zero-order valence-electron chi connectivity index (χ0n) is 9.37. The summed E-state index contributed by atoms with van der Waals surface area (Å²) < 4.78 is 0. The molecule has 84 valence electrons. The zero-order chi connectivity index (χ0) is 10.7. The minimum Gasteiger partial charge on any atom is -0.382 e. The van der Waals surface area contributed by atoms with Crippen LogP contribution >= 0.6 is 0 Å². The number of likely N-dealkylation sites (tertiary alicyclic amines) is 1. The maximum atomic E-state index is 5.59.